The molecule has 3 rings (SSSR count). The van der Waals surface area contributed by atoms with Crippen LogP contribution in [0.2, 0.25) is 0 Å². The highest BCUT2D eigenvalue weighted by atomic mass is 32.1. The summed E-state index contributed by atoms with van der Waals surface area (Å²) in [5.74, 6) is 0. The van der Waals surface area contributed by atoms with E-state index in [0.717, 1.165) is 11.6 Å². The summed E-state index contributed by atoms with van der Waals surface area (Å²) in [6.07, 6.45) is 0.372. The fourth-order valence-electron chi connectivity index (χ4n) is 1.75. The largest absolute Gasteiger partial charge is 0.433 e. The highest BCUT2D eigenvalue weighted by molar-refractivity contribution is 7.18. The summed E-state index contributed by atoms with van der Waals surface area (Å²) in [5.41, 5.74) is 0.175. The fourth-order valence-corrected chi connectivity index (χ4v) is 2.62. The maximum atomic E-state index is 12.7. The van der Waals surface area contributed by atoms with Crippen LogP contribution in [0.5, 0.6) is 0 Å². The van der Waals surface area contributed by atoms with Crippen molar-refractivity contribution >= 4 is 11.3 Å². The number of aromatic nitrogens is 3. The van der Waals surface area contributed by atoms with Gasteiger partial charge in [0.05, 0.1) is 10.6 Å². The minimum Gasteiger partial charge on any atom is -0.264 e. The third-order valence-corrected chi connectivity index (χ3v) is 3.78. The maximum absolute atomic E-state index is 12.7. The summed E-state index contributed by atoms with van der Waals surface area (Å²) in [6, 6.07) is 7.45. The third-order valence-electron chi connectivity index (χ3n) is 2.71. The number of hydrogen-bond acceptors (Lipinski definition) is 4. The van der Waals surface area contributed by atoms with Gasteiger partial charge in [0.2, 0.25) is 0 Å². The molecule has 0 atom stereocenters. The molecule has 0 bridgehead atoms. The molecule has 0 aromatic carbocycles. The van der Waals surface area contributed by atoms with E-state index in [-0.39, 0.29) is 5.69 Å². The lowest BCUT2D eigenvalue weighted by Gasteiger charge is -2.06. The van der Waals surface area contributed by atoms with E-state index in [1.165, 1.54) is 29.7 Å². The van der Waals surface area contributed by atoms with Gasteiger partial charge in [0, 0.05) is 24.2 Å². The molecule has 0 aliphatic heterocycles. The van der Waals surface area contributed by atoms with E-state index in [0.29, 0.717) is 9.88 Å². The van der Waals surface area contributed by atoms with Crippen LogP contribution in [-0.4, -0.2) is 15.0 Å². The predicted molar refractivity (Wildman–Crippen MR) is 73.6 cm³/mol. The van der Waals surface area contributed by atoms with Crippen LogP contribution in [-0.2, 0) is 6.18 Å². The number of hydrogen-bond donors (Lipinski definition) is 0. The molecule has 0 N–H and O–H groups in total. The van der Waals surface area contributed by atoms with Crippen LogP contribution in [0.1, 0.15) is 5.69 Å². The molecule has 0 amide bonds. The molecule has 3 aromatic rings. The van der Waals surface area contributed by atoms with Gasteiger partial charge in [0.25, 0.3) is 0 Å². The number of nitrogens with zero attached hydrogens (tertiary/aromatic N) is 3. The van der Waals surface area contributed by atoms with E-state index in [4.69, 9.17) is 0 Å². The summed E-state index contributed by atoms with van der Waals surface area (Å²) in [7, 11) is 0. The average molecular weight is 307 g/mol. The molecular formula is C14H8F3N3S. The number of halogens is 3. The van der Waals surface area contributed by atoms with Crippen molar-refractivity contribution in [3.63, 3.8) is 0 Å². The summed E-state index contributed by atoms with van der Waals surface area (Å²) >= 11 is 1.28. The summed E-state index contributed by atoms with van der Waals surface area (Å²) < 4.78 is 38.0. The zero-order valence-electron chi connectivity index (χ0n) is 10.5. The first-order valence-electron chi connectivity index (χ1n) is 5.95. The zero-order valence-corrected chi connectivity index (χ0v) is 11.3. The number of rotatable bonds is 2. The van der Waals surface area contributed by atoms with Gasteiger partial charge < -0.3 is 0 Å². The SMILES string of the molecule is FC(F)(F)c1cccc(-c2cnc(-c3cccnc3)s2)n1. The topological polar surface area (TPSA) is 38.7 Å². The Kier molecular flexibility index (Phi) is 3.42. The highest BCUT2D eigenvalue weighted by Crippen LogP contribution is 2.33. The minimum absolute atomic E-state index is 0.262. The van der Waals surface area contributed by atoms with Gasteiger partial charge in [-0.1, -0.05) is 6.07 Å². The second-order valence-corrected chi connectivity index (χ2v) is 5.21. The Morgan fingerprint density at radius 3 is 2.57 bits per heavy atom. The molecule has 7 heteroatoms. The first-order valence-corrected chi connectivity index (χ1v) is 6.76. The van der Waals surface area contributed by atoms with Gasteiger partial charge in [0.1, 0.15) is 10.7 Å². The smallest absolute Gasteiger partial charge is 0.264 e. The molecule has 0 fully saturated rings. The van der Waals surface area contributed by atoms with Gasteiger partial charge in [0.15, 0.2) is 0 Å². The van der Waals surface area contributed by atoms with E-state index in [1.807, 2.05) is 6.07 Å². The van der Waals surface area contributed by atoms with E-state index in [2.05, 4.69) is 15.0 Å². The number of alkyl halides is 3. The second-order valence-electron chi connectivity index (χ2n) is 4.18. The fraction of sp³-hybridized carbons (Fsp3) is 0.0714. The zero-order chi connectivity index (χ0) is 14.9. The van der Waals surface area contributed by atoms with Crippen LogP contribution in [0.4, 0.5) is 13.2 Å². The van der Waals surface area contributed by atoms with Crippen LogP contribution in [0.15, 0.2) is 48.9 Å². The van der Waals surface area contributed by atoms with E-state index < -0.39 is 11.9 Å². The molecule has 0 saturated carbocycles. The van der Waals surface area contributed by atoms with Gasteiger partial charge in [-0.2, -0.15) is 13.2 Å². The normalized spacial score (nSPS) is 11.6. The Labute approximate surface area is 122 Å². The molecule has 0 aliphatic carbocycles. The molecule has 0 aliphatic rings. The van der Waals surface area contributed by atoms with Crippen LogP contribution in [0.3, 0.4) is 0 Å². The second kappa shape index (κ2) is 5.25. The summed E-state index contributed by atoms with van der Waals surface area (Å²) in [5, 5.41) is 0.692. The molecule has 3 aromatic heterocycles. The van der Waals surface area contributed by atoms with Gasteiger partial charge in [-0.15, -0.1) is 11.3 Å². The molecule has 106 valence electrons. The van der Waals surface area contributed by atoms with Crippen molar-refractivity contribution in [3.8, 4) is 21.1 Å². The molecule has 3 nitrogen and oxygen atoms in total. The third kappa shape index (κ3) is 2.92. The standard InChI is InChI=1S/C14H8F3N3S/c15-14(16,17)12-5-1-4-10(20-12)11-8-19-13(21-11)9-3-2-6-18-7-9/h1-8H. The Hall–Kier alpha value is -2.28. The Balaban J connectivity index is 1.97. The summed E-state index contributed by atoms with van der Waals surface area (Å²) in [4.78, 5) is 12.4. The number of thiazole rings is 1. The lowest BCUT2D eigenvalue weighted by atomic mass is 10.3. The van der Waals surface area contributed by atoms with Gasteiger partial charge >= 0.3 is 6.18 Å². The van der Waals surface area contributed by atoms with Gasteiger partial charge in [-0.3, -0.25) is 4.98 Å². The lowest BCUT2D eigenvalue weighted by Crippen LogP contribution is -2.07. The number of pyridine rings is 2. The Morgan fingerprint density at radius 2 is 1.86 bits per heavy atom. The molecule has 0 saturated heterocycles. The monoisotopic (exact) mass is 307 g/mol. The highest BCUT2D eigenvalue weighted by Gasteiger charge is 2.32. The Bertz CT molecular complexity index is 753. The van der Waals surface area contributed by atoms with Crippen LogP contribution < -0.4 is 0 Å². The predicted octanol–water partition coefficient (Wildman–Crippen LogP) is 4.29. The molecule has 0 unspecified atom stereocenters. The molecule has 0 spiro atoms. The van der Waals surface area contributed by atoms with E-state index >= 15 is 0 Å². The van der Waals surface area contributed by atoms with Crippen molar-refractivity contribution < 1.29 is 13.2 Å². The molecular weight excluding hydrogens is 299 g/mol. The first-order chi connectivity index (χ1) is 10.0. The quantitative estimate of drug-likeness (QED) is 0.709. The Morgan fingerprint density at radius 1 is 1.00 bits per heavy atom. The van der Waals surface area contributed by atoms with Crippen molar-refractivity contribution in [2.24, 2.45) is 0 Å². The van der Waals surface area contributed by atoms with Crippen LogP contribution >= 0.6 is 11.3 Å². The molecule has 3 heterocycles. The van der Waals surface area contributed by atoms with Crippen LogP contribution in [0, 0.1) is 0 Å². The van der Waals surface area contributed by atoms with Crippen molar-refractivity contribution in [2.45, 2.75) is 6.18 Å². The van der Waals surface area contributed by atoms with Crippen molar-refractivity contribution in [2.75, 3.05) is 0 Å². The minimum atomic E-state index is -4.45. The summed E-state index contributed by atoms with van der Waals surface area (Å²) in [6.45, 7) is 0. The van der Waals surface area contributed by atoms with Gasteiger partial charge in [-0.05, 0) is 24.3 Å². The van der Waals surface area contributed by atoms with Gasteiger partial charge in [-0.25, -0.2) is 9.97 Å². The molecule has 0 radical (unpaired) electrons. The lowest BCUT2D eigenvalue weighted by molar-refractivity contribution is -0.141. The first kappa shape index (κ1) is 13.7. The van der Waals surface area contributed by atoms with Crippen LogP contribution in [0.25, 0.3) is 21.1 Å². The van der Waals surface area contributed by atoms with Crippen molar-refractivity contribution in [3.05, 3.63) is 54.6 Å². The van der Waals surface area contributed by atoms with E-state index in [9.17, 15) is 13.2 Å². The molecule has 21 heavy (non-hydrogen) atoms. The van der Waals surface area contributed by atoms with Crippen molar-refractivity contribution in [1.82, 2.24) is 15.0 Å². The average Bonchev–Trinajstić information content (AvgIpc) is 2.97. The van der Waals surface area contributed by atoms with E-state index in [1.54, 1.807) is 18.5 Å². The maximum Gasteiger partial charge on any atom is 0.433 e. The van der Waals surface area contributed by atoms with Crippen molar-refractivity contribution in [1.29, 1.82) is 0 Å².